The van der Waals surface area contributed by atoms with E-state index in [-0.39, 0.29) is 17.4 Å². The lowest BCUT2D eigenvalue weighted by Crippen LogP contribution is -2.40. The number of carbonyl (C=O) groups is 1. The molecule has 4 heteroatoms. The lowest BCUT2D eigenvalue weighted by molar-refractivity contribution is 0.0954. The Labute approximate surface area is 108 Å². The number of hydrogen-bond acceptors (Lipinski definition) is 4. The number of benzene rings is 1. The van der Waals surface area contributed by atoms with Crippen LogP contribution in [0, 0.1) is 0 Å². The summed E-state index contributed by atoms with van der Waals surface area (Å²) in [6.45, 7) is 6.66. The molecular formula is C14H20N2O2. The summed E-state index contributed by atoms with van der Waals surface area (Å²) in [5.41, 5.74) is 1.38. The number of Topliss-reactive ketones (excluding diaryl/α,β-unsaturated/α-hetero) is 1. The zero-order valence-corrected chi connectivity index (χ0v) is 11.3. The van der Waals surface area contributed by atoms with E-state index in [2.05, 4.69) is 10.6 Å². The first kappa shape index (κ1) is 12.9. The summed E-state index contributed by atoms with van der Waals surface area (Å²) in [5.74, 6) is 0.895. The molecule has 1 aliphatic heterocycles. The van der Waals surface area contributed by atoms with Crippen LogP contribution < -0.4 is 15.4 Å². The van der Waals surface area contributed by atoms with Gasteiger partial charge in [0.1, 0.15) is 11.4 Å². The third-order valence-electron chi connectivity index (χ3n) is 3.18. The number of rotatable bonds is 3. The van der Waals surface area contributed by atoms with Crippen LogP contribution in [-0.2, 0) is 0 Å². The van der Waals surface area contributed by atoms with Crippen LogP contribution in [0.3, 0.4) is 0 Å². The fourth-order valence-corrected chi connectivity index (χ4v) is 1.93. The van der Waals surface area contributed by atoms with Crippen molar-refractivity contribution in [1.82, 2.24) is 5.32 Å². The number of ketones is 1. The van der Waals surface area contributed by atoms with E-state index in [4.69, 9.17) is 4.74 Å². The summed E-state index contributed by atoms with van der Waals surface area (Å²) in [7, 11) is 1.78. The van der Waals surface area contributed by atoms with Gasteiger partial charge in [-0.1, -0.05) is 0 Å². The molecule has 0 aliphatic carbocycles. The zero-order chi connectivity index (χ0) is 13.3. The number of anilines is 1. The van der Waals surface area contributed by atoms with Gasteiger partial charge in [0.05, 0.1) is 18.3 Å². The molecule has 1 aromatic rings. The SMILES string of the molecule is CNC(C)C(=O)c1ccc2c(c1)NCC(C)(C)O2. The maximum atomic E-state index is 12.1. The van der Waals surface area contributed by atoms with Crippen LogP contribution in [0.1, 0.15) is 31.1 Å². The minimum Gasteiger partial charge on any atom is -0.484 e. The van der Waals surface area contributed by atoms with Gasteiger partial charge in [-0.15, -0.1) is 0 Å². The van der Waals surface area contributed by atoms with Gasteiger partial charge in [0.15, 0.2) is 5.78 Å². The molecule has 2 rings (SSSR count). The highest BCUT2D eigenvalue weighted by Crippen LogP contribution is 2.33. The molecule has 0 bridgehead atoms. The Morgan fingerprint density at radius 2 is 2.22 bits per heavy atom. The van der Waals surface area contributed by atoms with Crippen LogP contribution >= 0.6 is 0 Å². The lowest BCUT2D eigenvalue weighted by atomic mass is 10.0. The molecule has 0 saturated carbocycles. The predicted octanol–water partition coefficient (Wildman–Crippen LogP) is 2.06. The van der Waals surface area contributed by atoms with Crippen molar-refractivity contribution in [2.24, 2.45) is 0 Å². The van der Waals surface area contributed by atoms with Crippen LogP contribution in [0.15, 0.2) is 18.2 Å². The zero-order valence-electron chi connectivity index (χ0n) is 11.3. The fraction of sp³-hybridized carbons (Fsp3) is 0.500. The summed E-state index contributed by atoms with van der Waals surface area (Å²) in [6, 6.07) is 5.36. The van der Waals surface area contributed by atoms with E-state index in [1.807, 2.05) is 39.0 Å². The van der Waals surface area contributed by atoms with E-state index in [1.54, 1.807) is 7.05 Å². The molecule has 2 N–H and O–H groups in total. The molecule has 0 spiro atoms. The summed E-state index contributed by atoms with van der Waals surface area (Å²) in [4.78, 5) is 12.1. The molecule has 98 valence electrons. The Hall–Kier alpha value is -1.55. The molecule has 1 aliphatic rings. The topological polar surface area (TPSA) is 50.4 Å². The second kappa shape index (κ2) is 4.61. The molecule has 0 saturated heterocycles. The van der Waals surface area contributed by atoms with Crippen molar-refractivity contribution in [3.05, 3.63) is 23.8 Å². The number of ether oxygens (including phenoxy) is 1. The maximum Gasteiger partial charge on any atom is 0.179 e. The van der Waals surface area contributed by atoms with E-state index in [9.17, 15) is 4.79 Å². The summed E-state index contributed by atoms with van der Waals surface area (Å²) in [6.07, 6.45) is 0. The van der Waals surface area contributed by atoms with Crippen LogP contribution in [0.4, 0.5) is 5.69 Å². The third-order valence-corrected chi connectivity index (χ3v) is 3.18. The van der Waals surface area contributed by atoms with Gasteiger partial charge in [-0.05, 0) is 46.0 Å². The second-order valence-electron chi connectivity index (χ2n) is 5.30. The Morgan fingerprint density at radius 1 is 1.50 bits per heavy atom. The van der Waals surface area contributed by atoms with E-state index in [0.717, 1.165) is 18.0 Å². The Kier molecular flexibility index (Phi) is 3.30. The molecule has 0 amide bonds. The van der Waals surface area contributed by atoms with Gasteiger partial charge >= 0.3 is 0 Å². The summed E-state index contributed by atoms with van der Waals surface area (Å²) >= 11 is 0. The van der Waals surface area contributed by atoms with E-state index >= 15 is 0 Å². The second-order valence-corrected chi connectivity index (χ2v) is 5.30. The minimum absolute atomic E-state index is 0.0898. The fourth-order valence-electron chi connectivity index (χ4n) is 1.93. The number of fused-ring (bicyclic) bond motifs is 1. The average molecular weight is 248 g/mol. The van der Waals surface area contributed by atoms with Crippen LogP contribution in [-0.4, -0.2) is 31.0 Å². The molecule has 1 atom stereocenters. The first-order valence-electron chi connectivity index (χ1n) is 6.21. The van der Waals surface area contributed by atoms with Crippen molar-refractivity contribution in [1.29, 1.82) is 0 Å². The van der Waals surface area contributed by atoms with Gasteiger partial charge in [-0.2, -0.15) is 0 Å². The molecule has 18 heavy (non-hydrogen) atoms. The van der Waals surface area contributed by atoms with Gasteiger partial charge in [-0.3, -0.25) is 4.79 Å². The molecule has 1 aromatic carbocycles. The van der Waals surface area contributed by atoms with Crippen LogP contribution in [0.25, 0.3) is 0 Å². The molecule has 0 aromatic heterocycles. The monoisotopic (exact) mass is 248 g/mol. The molecule has 1 heterocycles. The van der Waals surface area contributed by atoms with Gasteiger partial charge in [0.2, 0.25) is 0 Å². The van der Waals surface area contributed by atoms with Crippen molar-refractivity contribution in [3.8, 4) is 5.75 Å². The normalized spacial score (nSPS) is 18.2. The molecule has 0 fully saturated rings. The highest BCUT2D eigenvalue weighted by atomic mass is 16.5. The molecule has 1 unspecified atom stereocenters. The van der Waals surface area contributed by atoms with Crippen molar-refractivity contribution in [2.75, 3.05) is 18.9 Å². The van der Waals surface area contributed by atoms with E-state index in [1.165, 1.54) is 0 Å². The standard InChI is InChI=1S/C14H20N2O2/c1-9(15-4)13(17)10-5-6-12-11(7-10)16-8-14(2,3)18-12/h5-7,9,15-16H,8H2,1-4H3. The first-order chi connectivity index (χ1) is 8.43. The van der Waals surface area contributed by atoms with E-state index in [0.29, 0.717) is 5.56 Å². The van der Waals surface area contributed by atoms with E-state index < -0.39 is 0 Å². The predicted molar refractivity (Wildman–Crippen MR) is 72.5 cm³/mol. The Bertz CT molecular complexity index is 469. The first-order valence-corrected chi connectivity index (χ1v) is 6.21. The summed E-state index contributed by atoms with van der Waals surface area (Å²) in [5, 5.41) is 6.26. The maximum absolute atomic E-state index is 12.1. The number of likely N-dealkylation sites (N-methyl/N-ethyl adjacent to an activating group) is 1. The quantitative estimate of drug-likeness (QED) is 0.804. The lowest BCUT2D eigenvalue weighted by Gasteiger charge is -2.33. The Balaban J connectivity index is 2.26. The van der Waals surface area contributed by atoms with Crippen molar-refractivity contribution < 1.29 is 9.53 Å². The van der Waals surface area contributed by atoms with Gasteiger partial charge < -0.3 is 15.4 Å². The van der Waals surface area contributed by atoms with Gasteiger partial charge in [-0.25, -0.2) is 0 Å². The average Bonchev–Trinajstić information content (AvgIpc) is 2.35. The van der Waals surface area contributed by atoms with Crippen molar-refractivity contribution in [3.63, 3.8) is 0 Å². The largest absolute Gasteiger partial charge is 0.484 e. The third kappa shape index (κ3) is 2.48. The van der Waals surface area contributed by atoms with Gasteiger partial charge in [0, 0.05) is 5.56 Å². The minimum atomic E-state index is -0.212. The molecule has 0 radical (unpaired) electrons. The number of hydrogen-bond donors (Lipinski definition) is 2. The molecule has 4 nitrogen and oxygen atoms in total. The van der Waals surface area contributed by atoms with Crippen LogP contribution in [0.2, 0.25) is 0 Å². The van der Waals surface area contributed by atoms with Crippen LogP contribution in [0.5, 0.6) is 5.75 Å². The molecular weight excluding hydrogens is 228 g/mol. The highest BCUT2D eigenvalue weighted by molar-refractivity contribution is 6.01. The van der Waals surface area contributed by atoms with Crippen molar-refractivity contribution in [2.45, 2.75) is 32.4 Å². The smallest absolute Gasteiger partial charge is 0.179 e. The Morgan fingerprint density at radius 3 is 2.89 bits per heavy atom. The van der Waals surface area contributed by atoms with Gasteiger partial charge in [0.25, 0.3) is 0 Å². The summed E-state index contributed by atoms with van der Waals surface area (Å²) < 4.78 is 5.85. The number of nitrogens with one attached hydrogen (secondary N) is 2. The number of carbonyl (C=O) groups excluding carboxylic acids is 1. The highest BCUT2D eigenvalue weighted by Gasteiger charge is 2.27. The van der Waals surface area contributed by atoms with Crippen molar-refractivity contribution >= 4 is 11.5 Å².